The molecule has 0 amide bonds. The van der Waals surface area contributed by atoms with Crippen molar-refractivity contribution in [1.29, 1.82) is 0 Å². The second-order valence-electron chi connectivity index (χ2n) is 4.28. The fourth-order valence-electron chi connectivity index (χ4n) is 2.09. The topological polar surface area (TPSA) is 24.4 Å². The Morgan fingerprint density at radius 2 is 2.06 bits per heavy atom. The van der Waals surface area contributed by atoms with Gasteiger partial charge < -0.3 is 5.32 Å². The first-order valence-electron chi connectivity index (χ1n) is 6.49. The molecule has 1 aliphatic rings. The fraction of sp³-hybridized carbons (Fsp3) is 0.533. The van der Waals surface area contributed by atoms with Gasteiger partial charge in [0, 0.05) is 13.6 Å². The Bertz CT molecular complexity index is 384. The average Bonchev–Trinajstić information content (AvgIpc) is 2.39. The van der Waals surface area contributed by atoms with Crippen molar-refractivity contribution in [2.75, 3.05) is 13.6 Å². The predicted molar refractivity (Wildman–Crippen MR) is 76.5 cm³/mol. The van der Waals surface area contributed by atoms with Crippen LogP contribution in [0.1, 0.15) is 40.0 Å². The predicted octanol–water partition coefficient (Wildman–Crippen LogP) is 3.63. The lowest BCUT2D eigenvalue weighted by Gasteiger charge is -2.23. The van der Waals surface area contributed by atoms with E-state index in [1.165, 1.54) is 22.4 Å². The van der Waals surface area contributed by atoms with Crippen LogP contribution in [0.25, 0.3) is 0 Å². The van der Waals surface area contributed by atoms with E-state index in [-0.39, 0.29) is 0 Å². The quantitative estimate of drug-likeness (QED) is 0.786. The summed E-state index contributed by atoms with van der Waals surface area (Å²) in [4.78, 5) is 4.39. The van der Waals surface area contributed by atoms with E-state index in [1.54, 1.807) is 0 Å². The zero-order chi connectivity index (χ0) is 12.8. The number of rotatable bonds is 4. The fourth-order valence-corrected chi connectivity index (χ4v) is 2.09. The molecule has 0 bridgehead atoms. The summed E-state index contributed by atoms with van der Waals surface area (Å²) in [6.07, 6.45) is 5.29. The third-order valence-electron chi connectivity index (χ3n) is 3.29. The Morgan fingerprint density at radius 3 is 2.53 bits per heavy atom. The van der Waals surface area contributed by atoms with E-state index in [0.29, 0.717) is 0 Å². The van der Waals surface area contributed by atoms with Gasteiger partial charge in [0.15, 0.2) is 0 Å². The first-order chi connectivity index (χ1) is 8.17. The van der Waals surface area contributed by atoms with Crippen LogP contribution in [0.2, 0.25) is 0 Å². The zero-order valence-electron chi connectivity index (χ0n) is 11.6. The first-order valence-corrected chi connectivity index (χ1v) is 6.49. The minimum Gasteiger partial charge on any atom is -0.379 e. The average molecular weight is 232 g/mol. The highest BCUT2D eigenvalue weighted by molar-refractivity contribution is 6.10. The summed E-state index contributed by atoms with van der Waals surface area (Å²) in [6.45, 7) is 11.6. The number of allylic oxidation sites excluding steroid dienone is 3. The van der Waals surface area contributed by atoms with E-state index < -0.39 is 0 Å². The van der Waals surface area contributed by atoms with Gasteiger partial charge in [-0.1, -0.05) is 32.9 Å². The maximum atomic E-state index is 4.39. The molecule has 0 unspecified atom stereocenters. The van der Waals surface area contributed by atoms with Crippen LogP contribution < -0.4 is 5.32 Å². The van der Waals surface area contributed by atoms with Crippen molar-refractivity contribution in [3.8, 4) is 0 Å². The summed E-state index contributed by atoms with van der Waals surface area (Å²) in [7, 11) is 1.86. The van der Waals surface area contributed by atoms with Crippen LogP contribution in [0, 0.1) is 0 Å². The molecule has 0 radical (unpaired) electrons. The molecule has 0 aromatic rings. The third kappa shape index (κ3) is 3.09. The minimum atomic E-state index is 0.936. The number of hydrogen-bond acceptors (Lipinski definition) is 2. The molecule has 1 rings (SSSR count). The number of nitrogens with one attached hydrogen (secondary N) is 1. The van der Waals surface area contributed by atoms with Crippen molar-refractivity contribution >= 4 is 5.71 Å². The van der Waals surface area contributed by atoms with Gasteiger partial charge in [0.2, 0.25) is 0 Å². The Hall–Kier alpha value is -1.31. The molecule has 0 aromatic heterocycles. The summed E-state index contributed by atoms with van der Waals surface area (Å²) in [5, 5.41) is 3.51. The van der Waals surface area contributed by atoms with Gasteiger partial charge in [-0.05, 0) is 36.5 Å². The van der Waals surface area contributed by atoms with Crippen molar-refractivity contribution in [3.63, 3.8) is 0 Å². The van der Waals surface area contributed by atoms with Crippen molar-refractivity contribution in [1.82, 2.24) is 5.32 Å². The van der Waals surface area contributed by atoms with Crippen molar-refractivity contribution in [3.05, 3.63) is 35.1 Å². The van der Waals surface area contributed by atoms with Gasteiger partial charge in [0.25, 0.3) is 0 Å². The van der Waals surface area contributed by atoms with Crippen LogP contribution in [0.15, 0.2) is 40.1 Å². The molecule has 0 saturated carbocycles. The normalized spacial score (nSPS) is 20.9. The Balaban J connectivity index is 3.17. The summed E-state index contributed by atoms with van der Waals surface area (Å²) in [6, 6.07) is 0. The molecule has 1 aliphatic heterocycles. The molecule has 2 heteroatoms. The van der Waals surface area contributed by atoms with Gasteiger partial charge in [0.1, 0.15) is 0 Å². The van der Waals surface area contributed by atoms with Crippen molar-refractivity contribution in [2.24, 2.45) is 4.99 Å². The number of aliphatic imine (C=N–C) groups is 1. The summed E-state index contributed by atoms with van der Waals surface area (Å²) in [5.74, 6) is 0. The molecule has 1 N–H and O–H groups in total. The van der Waals surface area contributed by atoms with E-state index in [4.69, 9.17) is 0 Å². The van der Waals surface area contributed by atoms with Gasteiger partial charge in [0.05, 0.1) is 11.4 Å². The van der Waals surface area contributed by atoms with Crippen LogP contribution in [0.3, 0.4) is 0 Å². The lowest BCUT2D eigenvalue weighted by atomic mass is 9.95. The number of hydrogen-bond donors (Lipinski definition) is 1. The zero-order valence-corrected chi connectivity index (χ0v) is 11.6. The lowest BCUT2D eigenvalue weighted by Crippen LogP contribution is -2.29. The van der Waals surface area contributed by atoms with Crippen LogP contribution in [-0.2, 0) is 0 Å². The van der Waals surface area contributed by atoms with Crippen LogP contribution >= 0.6 is 0 Å². The highest BCUT2D eigenvalue weighted by Gasteiger charge is 2.16. The third-order valence-corrected chi connectivity index (χ3v) is 3.29. The molecular weight excluding hydrogens is 208 g/mol. The summed E-state index contributed by atoms with van der Waals surface area (Å²) >= 11 is 0. The van der Waals surface area contributed by atoms with E-state index in [9.17, 15) is 0 Å². The summed E-state index contributed by atoms with van der Waals surface area (Å²) in [5.41, 5.74) is 6.19. The molecule has 94 valence electrons. The summed E-state index contributed by atoms with van der Waals surface area (Å²) < 4.78 is 0. The van der Waals surface area contributed by atoms with E-state index in [2.05, 4.69) is 43.7 Å². The molecular formula is C15H24N2. The second kappa shape index (κ2) is 6.43. The largest absolute Gasteiger partial charge is 0.379 e. The molecule has 1 heterocycles. The molecule has 0 atom stereocenters. The second-order valence-corrected chi connectivity index (χ2v) is 4.28. The Labute approximate surface area is 105 Å². The van der Waals surface area contributed by atoms with Crippen LogP contribution in [-0.4, -0.2) is 19.3 Å². The molecule has 0 aromatic carbocycles. The van der Waals surface area contributed by atoms with E-state index in [1.807, 2.05) is 7.05 Å². The molecule has 0 fully saturated rings. The Kier molecular flexibility index (Phi) is 5.20. The van der Waals surface area contributed by atoms with Gasteiger partial charge in [-0.3, -0.25) is 4.99 Å². The molecule has 0 spiro atoms. The van der Waals surface area contributed by atoms with Gasteiger partial charge in [-0.15, -0.1) is 0 Å². The monoisotopic (exact) mass is 232 g/mol. The van der Waals surface area contributed by atoms with Gasteiger partial charge in [-0.25, -0.2) is 0 Å². The lowest BCUT2D eigenvalue weighted by molar-refractivity contribution is 0.831. The van der Waals surface area contributed by atoms with E-state index in [0.717, 1.165) is 31.5 Å². The van der Waals surface area contributed by atoms with Gasteiger partial charge in [-0.2, -0.15) is 0 Å². The van der Waals surface area contributed by atoms with E-state index >= 15 is 0 Å². The minimum absolute atomic E-state index is 0.936. The highest BCUT2D eigenvalue weighted by atomic mass is 14.9. The highest BCUT2D eigenvalue weighted by Crippen LogP contribution is 2.22. The van der Waals surface area contributed by atoms with Crippen molar-refractivity contribution in [2.45, 2.75) is 40.0 Å². The molecule has 0 aliphatic carbocycles. The standard InChI is InChI=1S/C15H24N2/c1-6-11(4)13(8-3)15-14(16-5)9-12(7-2)10-17-15/h9,17H,4,6-8,10H2,1-3,5H3/b15-13+,16-14-. The Morgan fingerprint density at radius 1 is 1.35 bits per heavy atom. The first kappa shape index (κ1) is 13.8. The maximum Gasteiger partial charge on any atom is 0.0805 e. The molecule has 0 saturated heterocycles. The smallest absolute Gasteiger partial charge is 0.0805 e. The number of nitrogens with zero attached hydrogens (tertiary/aromatic N) is 1. The SMILES string of the molecule is C=C(CC)/C(CC)=C1/NCC(CC)=C/C1=N/C. The molecule has 2 nitrogen and oxygen atoms in total. The van der Waals surface area contributed by atoms with Crippen molar-refractivity contribution < 1.29 is 0 Å². The maximum absolute atomic E-state index is 4.39. The van der Waals surface area contributed by atoms with Crippen LogP contribution in [0.4, 0.5) is 0 Å². The van der Waals surface area contributed by atoms with Crippen LogP contribution in [0.5, 0.6) is 0 Å². The molecule has 17 heavy (non-hydrogen) atoms. The van der Waals surface area contributed by atoms with Gasteiger partial charge >= 0.3 is 0 Å².